The number of nitrogens with one attached hydrogen (secondary N) is 1. The average Bonchev–Trinajstić information content (AvgIpc) is 3.06. The molecule has 0 fully saturated rings. The molecule has 2 aromatic rings. The molecular formula is C20H30ClN3O3. The third-order valence-corrected chi connectivity index (χ3v) is 4.54. The maximum Gasteiger partial charge on any atom is 0.242 e. The van der Waals surface area contributed by atoms with E-state index in [1.165, 1.54) is 0 Å². The lowest BCUT2D eigenvalue weighted by Crippen LogP contribution is -2.48. The van der Waals surface area contributed by atoms with E-state index in [-0.39, 0.29) is 42.7 Å². The second-order valence-electron chi connectivity index (χ2n) is 6.94. The number of fused-ring (bicyclic) bond motifs is 1. The van der Waals surface area contributed by atoms with Crippen molar-refractivity contribution in [2.24, 2.45) is 11.7 Å². The van der Waals surface area contributed by atoms with Gasteiger partial charge in [-0.05, 0) is 31.4 Å². The van der Waals surface area contributed by atoms with Crippen LogP contribution in [-0.2, 0) is 9.59 Å². The van der Waals surface area contributed by atoms with Crippen LogP contribution in [0.5, 0.6) is 0 Å². The molecule has 27 heavy (non-hydrogen) atoms. The largest absolute Gasteiger partial charge is 0.459 e. The molecule has 0 aliphatic rings. The zero-order valence-electron chi connectivity index (χ0n) is 16.4. The Balaban J connectivity index is 0.00000364. The van der Waals surface area contributed by atoms with Crippen molar-refractivity contribution in [1.29, 1.82) is 0 Å². The first kappa shape index (κ1) is 23.0. The van der Waals surface area contributed by atoms with Crippen molar-refractivity contribution in [1.82, 2.24) is 10.2 Å². The molecule has 0 spiro atoms. The summed E-state index contributed by atoms with van der Waals surface area (Å²) in [4.78, 5) is 26.4. The van der Waals surface area contributed by atoms with Gasteiger partial charge in [-0.1, -0.05) is 39.0 Å². The van der Waals surface area contributed by atoms with Crippen LogP contribution in [0.3, 0.4) is 0 Å². The summed E-state index contributed by atoms with van der Waals surface area (Å²) in [5, 5.41) is 3.66. The van der Waals surface area contributed by atoms with E-state index in [2.05, 4.69) is 5.32 Å². The Bertz CT molecular complexity index is 727. The van der Waals surface area contributed by atoms with E-state index in [1.807, 2.05) is 58.0 Å². The SMILES string of the molecule is CCCN(C(=O)CNC(=O)[C@@H](N)C(C)C)C(C)c1cc2ccccc2o1.Cl. The van der Waals surface area contributed by atoms with E-state index in [9.17, 15) is 9.59 Å². The minimum atomic E-state index is -0.616. The summed E-state index contributed by atoms with van der Waals surface area (Å²) in [5.41, 5.74) is 6.62. The molecule has 0 aliphatic heterocycles. The number of hydrogen-bond donors (Lipinski definition) is 2. The van der Waals surface area contributed by atoms with Gasteiger partial charge in [0.1, 0.15) is 11.3 Å². The van der Waals surface area contributed by atoms with Crippen LogP contribution in [0, 0.1) is 5.92 Å². The highest BCUT2D eigenvalue weighted by molar-refractivity contribution is 5.87. The van der Waals surface area contributed by atoms with E-state index < -0.39 is 6.04 Å². The standard InChI is InChI=1S/C20H29N3O3.ClH/c1-5-10-23(18(24)12-22-20(25)19(21)13(2)3)14(4)17-11-15-8-6-7-9-16(15)26-17;/h6-9,11,13-14,19H,5,10,12,21H2,1-4H3,(H,22,25);1H/t14?,19-;/m0./s1. The molecule has 150 valence electrons. The van der Waals surface area contributed by atoms with Crippen molar-refractivity contribution in [3.05, 3.63) is 36.1 Å². The smallest absolute Gasteiger partial charge is 0.242 e. The molecule has 2 atom stereocenters. The number of carbonyl (C=O) groups excluding carboxylic acids is 2. The number of para-hydroxylation sites is 1. The van der Waals surface area contributed by atoms with Gasteiger partial charge in [0.05, 0.1) is 18.6 Å². The first-order valence-electron chi connectivity index (χ1n) is 9.16. The second-order valence-corrected chi connectivity index (χ2v) is 6.94. The third-order valence-electron chi connectivity index (χ3n) is 4.54. The third kappa shape index (κ3) is 5.71. The summed E-state index contributed by atoms with van der Waals surface area (Å²) >= 11 is 0. The van der Waals surface area contributed by atoms with Gasteiger partial charge in [0.15, 0.2) is 0 Å². The van der Waals surface area contributed by atoms with Gasteiger partial charge in [-0.25, -0.2) is 0 Å². The summed E-state index contributed by atoms with van der Waals surface area (Å²) in [6, 6.07) is 8.89. The number of hydrogen-bond acceptors (Lipinski definition) is 4. The van der Waals surface area contributed by atoms with Crippen molar-refractivity contribution in [3.8, 4) is 0 Å². The van der Waals surface area contributed by atoms with Crippen molar-refractivity contribution in [2.45, 2.75) is 46.2 Å². The van der Waals surface area contributed by atoms with E-state index in [0.717, 1.165) is 23.2 Å². The summed E-state index contributed by atoms with van der Waals surface area (Å²) in [6.45, 7) is 8.22. The fourth-order valence-electron chi connectivity index (χ4n) is 2.82. The van der Waals surface area contributed by atoms with Gasteiger partial charge < -0.3 is 20.4 Å². The molecular weight excluding hydrogens is 366 g/mol. The number of rotatable bonds is 8. The fourth-order valence-corrected chi connectivity index (χ4v) is 2.82. The summed E-state index contributed by atoms with van der Waals surface area (Å²) in [7, 11) is 0. The van der Waals surface area contributed by atoms with Gasteiger partial charge in [-0.3, -0.25) is 9.59 Å². The zero-order valence-corrected chi connectivity index (χ0v) is 17.2. The maximum absolute atomic E-state index is 12.7. The molecule has 0 saturated heterocycles. The Morgan fingerprint density at radius 3 is 2.48 bits per heavy atom. The van der Waals surface area contributed by atoms with Gasteiger partial charge in [0, 0.05) is 11.9 Å². The summed E-state index contributed by atoms with van der Waals surface area (Å²) < 4.78 is 5.90. The van der Waals surface area contributed by atoms with Crippen molar-refractivity contribution < 1.29 is 14.0 Å². The Kier molecular flexibility index (Phi) is 8.79. The van der Waals surface area contributed by atoms with Crippen LogP contribution in [0.2, 0.25) is 0 Å². The molecule has 0 bridgehead atoms. The van der Waals surface area contributed by atoms with Crippen molar-refractivity contribution >= 4 is 35.2 Å². The molecule has 2 rings (SSSR count). The van der Waals surface area contributed by atoms with Crippen LogP contribution in [0.4, 0.5) is 0 Å². The summed E-state index contributed by atoms with van der Waals surface area (Å²) in [5.74, 6) is 0.301. The first-order valence-corrected chi connectivity index (χ1v) is 9.16. The average molecular weight is 396 g/mol. The van der Waals surface area contributed by atoms with Gasteiger partial charge in [0.25, 0.3) is 0 Å². The van der Waals surface area contributed by atoms with Crippen molar-refractivity contribution in [3.63, 3.8) is 0 Å². The molecule has 7 heteroatoms. The molecule has 3 N–H and O–H groups in total. The molecule has 6 nitrogen and oxygen atoms in total. The van der Waals surface area contributed by atoms with Crippen LogP contribution in [0.15, 0.2) is 34.7 Å². The van der Waals surface area contributed by atoms with Gasteiger partial charge in [-0.15, -0.1) is 12.4 Å². The lowest BCUT2D eigenvalue weighted by molar-refractivity contribution is -0.135. The predicted molar refractivity (Wildman–Crippen MR) is 110 cm³/mol. The molecule has 0 aliphatic carbocycles. The number of amides is 2. The van der Waals surface area contributed by atoms with Gasteiger partial charge >= 0.3 is 0 Å². The number of nitrogens with two attached hydrogens (primary N) is 1. The highest BCUT2D eigenvalue weighted by Crippen LogP contribution is 2.27. The number of benzene rings is 1. The molecule has 1 aromatic heterocycles. The lowest BCUT2D eigenvalue weighted by Gasteiger charge is -2.28. The maximum atomic E-state index is 12.7. The van der Waals surface area contributed by atoms with Gasteiger partial charge in [-0.2, -0.15) is 0 Å². The van der Waals surface area contributed by atoms with Crippen molar-refractivity contribution in [2.75, 3.05) is 13.1 Å². The minimum absolute atomic E-state index is 0. The number of nitrogens with zero attached hydrogens (tertiary/aromatic N) is 1. The minimum Gasteiger partial charge on any atom is -0.459 e. The predicted octanol–water partition coefficient (Wildman–Crippen LogP) is 3.25. The van der Waals surface area contributed by atoms with Crippen LogP contribution in [-0.4, -0.2) is 35.8 Å². The lowest BCUT2D eigenvalue weighted by atomic mass is 10.1. The number of furan rings is 1. The second kappa shape index (κ2) is 10.3. The van der Waals surface area contributed by atoms with Gasteiger partial charge in [0.2, 0.25) is 11.8 Å². The van der Waals surface area contributed by atoms with E-state index in [1.54, 1.807) is 4.90 Å². The molecule has 0 radical (unpaired) electrons. The first-order chi connectivity index (χ1) is 12.3. The molecule has 1 aromatic carbocycles. The highest BCUT2D eigenvalue weighted by atomic mass is 35.5. The van der Waals surface area contributed by atoms with Crippen LogP contribution in [0.25, 0.3) is 11.0 Å². The molecule has 1 heterocycles. The number of carbonyl (C=O) groups is 2. The molecule has 0 saturated carbocycles. The van der Waals surface area contributed by atoms with Crippen LogP contribution in [0.1, 0.15) is 45.9 Å². The Morgan fingerprint density at radius 1 is 1.22 bits per heavy atom. The Morgan fingerprint density at radius 2 is 1.89 bits per heavy atom. The van der Waals surface area contributed by atoms with E-state index in [4.69, 9.17) is 10.2 Å². The van der Waals surface area contributed by atoms with E-state index in [0.29, 0.717) is 6.54 Å². The quantitative estimate of drug-likeness (QED) is 0.718. The summed E-state index contributed by atoms with van der Waals surface area (Å²) in [6.07, 6.45) is 0.815. The normalized spacial score (nSPS) is 13.1. The molecule has 1 unspecified atom stereocenters. The monoisotopic (exact) mass is 395 g/mol. The highest BCUT2D eigenvalue weighted by Gasteiger charge is 2.25. The Labute approximate surface area is 166 Å². The number of halogens is 1. The van der Waals surface area contributed by atoms with E-state index >= 15 is 0 Å². The zero-order chi connectivity index (χ0) is 19.3. The van der Waals surface area contributed by atoms with Crippen LogP contribution >= 0.6 is 12.4 Å². The topological polar surface area (TPSA) is 88.6 Å². The molecule has 2 amide bonds. The fraction of sp³-hybridized carbons (Fsp3) is 0.500. The Hall–Kier alpha value is -2.05. The van der Waals surface area contributed by atoms with Crippen LogP contribution < -0.4 is 11.1 Å².